The minimum Gasteiger partial charge on any atom is -0.353 e. The number of nitrogens with one attached hydrogen (secondary N) is 1. The van der Waals surface area contributed by atoms with Gasteiger partial charge in [-0.2, -0.15) is 9.78 Å². The standard InChI is InChI=1S/C18H16ClN3O/c1-12-8-9-14(10-13(12)2)21-16-11-20-22(18(23)17(16)19)15-6-4-3-5-7-15/h3-11,21H,1-2H3. The van der Waals surface area contributed by atoms with Crippen LogP contribution in [0.4, 0.5) is 11.4 Å². The Labute approximate surface area is 139 Å². The third kappa shape index (κ3) is 3.12. The molecule has 1 aromatic heterocycles. The van der Waals surface area contributed by atoms with Crippen LogP contribution in [0.2, 0.25) is 5.02 Å². The van der Waals surface area contributed by atoms with Crippen molar-refractivity contribution < 1.29 is 0 Å². The summed E-state index contributed by atoms with van der Waals surface area (Å²) in [6.45, 7) is 4.09. The lowest BCUT2D eigenvalue weighted by Crippen LogP contribution is -2.22. The number of nitrogens with zero attached hydrogens (tertiary/aromatic N) is 2. The first-order valence-corrected chi connectivity index (χ1v) is 7.61. The lowest BCUT2D eigenvalue weighted by molar-refractivity contribution is 0.809. The van der Waals surface area contributed by atoms with Gasteiger partial charge in [0.25, 0.3) is 5.56 Å². The quantitative estimate of drug-likeness (QED) is 0.783. The van der Waals surface area contributed by atoms with Crippen molar-refractivity contribution >= 4 is 23.0 Å². The van der Waals surface area contributed by atoms with E-state index >= 15 is 0 Å². The van der Waals surface area contributed by atoms with Crippen molar-refractivity contribution in [3.63, 3.8) is 0 Å². The van der Waals surface area contributed by atoms with Crippen LogP contribution in [-0.2, 0) is 0 Å². The Bertz CT molecular complexity index is 904. The van der Waals surface area contributed by atoms with Gasteiger partial charge in [0, 0.05) is 5.69 Å². The van der Waals surface area contributed by atoms with Crippen molar-refractivity contribution in [1.82, 2.24) is 9.78 Å². The lowest BCUT2D eigenvalue weighted by Gasteiger charge is -2.11. The molecule has 0 bridgehead atoms. The van der Waals surface area contributed by atoms with E-state index in [4.69, 9.17) is 11.6 Å². The Balaban J connectivity index is 1.97. The van der Waals surface area contributed by atoms with Gasteiger partial charge in [0.05, 0.1) is 17.6 Å². The van der Waals surface area contributed by atoms with Crippen molar-refractivity contribution in [2.45, 2.75) is 13.8 Å². The zero-order valence-electron chi connectivity index (χ0n) is 12.9. The second-order valence-corrected chi connectivity index (χ2v) is 5.73. The summed E-state index contributed by atoms with van der Waals surface area (Å²) in [4.78, 5) is 12.4. The molecule has 3 aromatic rings. The number of hydrogen-bond acceptors (Lipinski definition) is 3. The molecule has 0 radical (unpaired) electrons. The smallest absolute Gasteiger partial charge is 0.292 e. The number of para-hydroxylation sites is 1. The molecule has 0 saturated carbocycles. The van der Waals surface area contributed by atoms with Crippen molar-refractivity contribution in [2.75, 3.05) is 5.32 Å². The van der Waals surface area contributed by atoms with Gasteiger partial charge < -0.3 is 5.32 Å². The predicted molar refractivity (Wildman–Crippen MR) is 94.0 cm³/mol. The van der Waals surface area contributed by atoms with E-state index in [2.05, 4.69) is 17.3 Å². The van der Waals surface area contributed by atoms with Crippen LogP contribution in [0, 0.1) is 13.8 Å². The van der Waals surface area contributed by atoms with Crippen molar-refractivity contribution in [3.05, 3.63) is 81.2 Å². The van der Waals surface area contributed by atoms with Crippen LogP contribution < -0.4 is 10.9 Å². The van der Waals surface area contributed by atoms with Crippen LogP contribution in [0.25, 0.3) is 5.69 Å². The summed E-state index contributed by atoms with van der Waals surface area (Å²) in [5.74, 6) is 0. The first-order valence-electron chi connectivity index (χ1n) is 7.24. The maximum Gasteiger partial charge on any atom is 0.292 e. The molecule has 3 rings (SSSR count). The van der Waals surface area contributed by atoms with Crippen LogP contribution in [-0.4, -0.2) is 9.78 Å². The highest BCUT2D eigenvalue weighted by atomic mass is 35.5. The maximum absolute atomic E-state index is 12.4. The number of halogens is 1. The summed E-state index contributed by atoms with van der Waals surface area (Å²) in [7, 11) is 0. The molecule has 0 amide bonds. The third-order valence-electron chi connectivity index (χ3n) is 3.71. The monoisotopic (exact) mass is 325 g/mol. The number of aromatic nitrogens is 2. The summed E-state index contributed by atoms with van der Waals surface area (Å²) >= 11 is 6.23. The van der Waals surface area contributed by atoms with Crippen molar-refractivity contribution in [2.24, 2.45) is 0 Å². The molecule has 116 valence electrons. The van der Waals surface area contributed by atoms with E-state index in [1.165, 1.54) is 10.2 Å². The number of hydrogen-bond donors (Lipinski definition) is 1. The molecule has 0 spiro atoms. The highest BCUT2D eigenvalue weighted by Gasteiger charge is 2.11. The average Bonchev–Trinajstić information content (AvgIpc) is 2.56. The molecule has 4 nitrogen and oxygen atoms in total. The van der Waals surface area contributed by atoms with Crippen LogP contribution in [0.1, 0.15) is 11.1 Å². The van der Waals surface area contributed by atoms with Gasteiger partial charge in [-0.05, 0) is 49.2 Å². The number of benzene rings is 2. The van der Waals surface area contributed by atoms with E-state index < -0.39 is 0 Å². The van der Waals surface area contributed by atoms with Crippen LogP contribution in [0.15, 0.2) is 59.5 Å². The fraction of sp³-hybridized carbons (Fsp3) is 0.111. The highest BCUT2D eigenvalue weighted by molar-refractivity contribution is 6.33. The highest BCUT2D eigenvalue weighted by Crippen LogP contribution is 2.23. The molecule has 0 aliphatic heterocycles. The van der Waals surface area contributed by atoms with Crippen LogP contribution >= 0.6 is 11.6 Å². The second kappa shape index (κ2) is 6.26. The minimum absolute atomic E-state index is 0.113. The Kier molecular flexibility index (Phi) is 4.17. The molecule has 5 heteroatoms. The zero-order chi connectivity index (χ0) is 16.4. The topological polar surface area (TPSA) is 46.9 Å². The zero-order valence-corrected chi connectivity index (χ0v) is 13.6. The molecule has 0 aliphatic rings. The normalized spacial score (nSPS) is 10.6. The van der Waals surface area contributed by atoms with Crippen LogP contribution in [0.3, 0.4) is 0 Å². The summed E-state index contributed by atoms with van der Waals surface area (Å²) in [6.07, 6.45) is 1.56. The molecule has 0 aliphatic carbocycles. The molecule has 0 fully saturated rings. The second-order valence-electron chi connectivity index (χ2n) is 5.35. The van der Waals surface area contributed by atoms with Crippen molar-refractivity contribution in [1.29, 1.82) is 0 Å². The fourth-order valence-electron chi connectivity index (χ4n) is 2.25. The number of anilines is 2. The SMILES string of the molecule is Cc1ccc(Nc2cnn(-c3ccccc3)c(=O)c2Cl)cc1C. The minimum atomic E-state index is -0.355. The number of rotatable bonds is 3. The Morgan fingerprint density at radius 1 is 1.04 bits per heavy atom. The lowest BCUT2D eigenvalue weighted by atomic mass is 10.1. The molecule has 1 heterocycles. The van der Waals surface area contributed by atoms with Gasteiger partial charge >= 0.3 is 0 Å². The van der Waals surface area contributed by atoms with E-state index in [9.17, 15) is 4.79 Å². The Morgan fingerprint density at radius 2 is 1.78 bits per heavy atom. The molecule has 1 N–H and O–H groups in total. The Morgan fingerprint density at radius 3 is 2.48 bits per heavy atom. The average molecular weight is 326 g/mol. The van der Waals surface area contributed by atoms with Gasteiger partial charge in [0.15, 0.2) is 0 Å². The molecule has 0 unspecified atom stereocenters. The van der Waals surface area contributed by atoms with Gasteiger partial charge in [-0.15, -0.1) is 0 Å². The third-order valence-corrected chi connectivity index (χ3v) is 4.07. The summed E-state index contributed by atoms with van der Waals surface area (Å²) in [5, 5.41) is 7.47. The molecule has 0 saturated heterocycles. The van der Waals surface area contributed by atoms with Crippen molar-refractivity contribution in [3.8, 4) is 5.69 Å². The largest absolute Gasteiger partial charge is 0.353 e. The van der Waals surface area contributed by atoms with E-state index in [0.717, 1.165) is 11.3 Å². The molecule has 2 aromatic carbocycles. The van der Waals surface area contributed by atoms with E-state index in [0.29, 0.717) is 11.4 Å². The first-order chi connectivity index (χ1) is 11.1. The van der Waals surface area contributed by atoms with Crippen LogP contribution in [0.5, 0.6) is 0 Å². The molecular formula is C18H16ClN3O. The van der Waals surface area contributed by atoms with Gasteiger partial charge in [-0.3, -0.25) is 4.79 Å². The van der Waals surface area contributed by atoms with E-state index in [-0.39, 0.29) is 10.6 Å². The molecule has 0 atom stereocenters. The Hall–Kier alpha value is -2.59. The van der Waals surface area contributed by atoms with Gasteiger partial charge in [-0.1, -0.05) is 35.9 Å². The molecule has 23 heavy (non-hydrogen) atoms. The fourth-order valence-corrected chi connectivity index (χ4v) is 2.42. The van der Waals surface area contributed by atoms with E-state index in [1.807, 2.05) is 43.3 Å². The number of aryl methyl sites for hydroxylation is 2. The maximum atomic E-state index is 12.4. The summed E-state index contributed by atoms with van der Waals surface area (Å²) in [6, 6.07) is 15.2. The first kappa shape index (κ1) is 15.3. The summed E-state index contributed by atoms with van der Waals surface area (Å²) in [5.41, 5.74) is 4.06. The van der Waals surface area contributed by atoms with Gasteiger partial charge in [-0.25, -0.2) is 0 Å². The van der Waals surface area contributed by atoms with Gasteiger partial charge in [0.2, 0.25) is 0 Å². The van der Waals surface area contributed by atoms with Gasteiger partial charge in [0.1, 0.15) is 5.02 Å². The summed E-state index contributed by atoms with van der Waals surface area (Å²) < 4.78 is 1.29. The molecular weight excluding hydrogens is 310 g/mol. The van der Waals surface area contributed by atoms with E-state index in [1.54, 1.807) is 18.3 Å². The predicted octanol–water partition coefficient (Wildman–Crippen LogP) is 4.25.